The highest BCUT2D eigenvalue weighted by Gasteiger charge is 2.36. The van der Waals surface area contributed by atoms with Gasteiger partial charge in [0.25, 0.3) is 0 Å². The van der Waals surface area contributed by atoms with E-state index in [2.05, 4.69) is 87.3 Å². The van der Waals surface area contributed by atoms with Crippen molar-refractivity contribution >= 4 is 31.6 Å². The summed E-state index contributed by atoms with van der Waals surface area (Å²) in [4.78, 5) is 0. The molecule has 2 aromatic rings. The second-order valence-corrected chi connectivity index (χ2v) is 17.6. The molecule has 0 aliphatic rings. The van der Waals surface area contributed by atoms with Gasteiger partial charge in [-0.1, -0.05) is 50.7 Å². The third-order valence-electron chi connectivity index (χ3n) is 4.06. The Hall–Kier alpha value is -0.635. The molecule has 3 heteroatoms. The van der Waals surface area contributed by atoms with E-state index in [1.807, 2.05) is 0 Å². The summed E-state index contributed by atoms with van der Waals surface area (Å²) in [5, 5.41) is 3.22. The maximum absolute atomic E-state index is 2.53. The predicted octanol–water partition coefficient (Wildman–Crippen LogP) is 3.19. The van der Waals surface area contributed by atoms with Gasteiger partial charge in [-0.3, -0.25) is 0 Å². The Morgan fingerprint density at radius 3 is 1.21 bits per heavy atom. The van der Waals surface area contributed by atoms with Crippen LogP contribution in [0.2, 0.25) is 0 Å². The van der Waals surface area contributed by atoms with Gasteiger partial charge in [-0.05, 0) is 24.3 Å². The van der Waals surface area contributed by atoms with E-state index in [4.69, 9.17) is 0 Å². The second-order valence-electron chi connectivity index (χ2n) is 6.90. The summed E-state index contributed by atoms with van der Waals surface area (Å²) in [6.07, 6.45) is 0. The Labute approximate surface area is 119 Å². The molecule has 100 valence electrons. The molecule has 0 fully saturated rings. The smallest absolute Gasteiger partial charge is 0.0841 e. The van der Waals surface area contributed by atoms with Crippen molar-refractivity contribution in [2.24, 2.45) is 0 Å². The average molecular weight is 289 g/mol. The van der Waals surface area contributed by atoms with Crippen LogP contribution in [0.1, 0.15) is 0 Å². The van der Waals surface area contributed by atoms with E-state index in [1.165, 1.54) is 0 Å². The van der Waals surface area contributed by atoms with Crippen LogP contribution in [0.25, 0.3) is 0 Å². The molecular weight excluding hydrogens is 265 g/mol. The van der Waals surface area contributed by atoms with Gasteiger partial charge >= 0.3 is 6.72 Å². The number of hydrogen-bond donors (Lipinski definition) is 0. The Kier molecular flexibility index (Phi) is 4.49. The summed E-state index contributed by atoms with van der Waals surface area (Å²) in [5.74, 6) is 0. The molecule has 0 spiro atoms. The van der Waals surface area contributed by atoms with Crippen molar-refractivity contribution in [1.82, 2.24) is 0 Å². The fraction of sp³-hybridized carbons (Fsp3) is 0.250. The van der Waals surface area contributed by atoms with Crippen LogP contribution in [0.15, 0.2) is 60.7 Å². The molecule has 0 aromatic heterocycles. The Balaban J connectivity index is 2.25. The largest absolute Gasteiger partial charge is 0.303 e. The standard InChI is InChI=1S/C16H24BP2/c1-18(2,15-11-7-5-8-12-15)17-19(3,4)16-13-9-6-10-14-16/h5-14H,17H2,1-4H3/q+1. The van der Waals surface area contributed by atoms with Gasteiger partial charge in [0.2, 0.25) is 0 Å². The lowest BCUT2D eigenvalue weighted by molar-refractivity contribution is 1.76. The van der Waals surface area contributed by atoms with E-state index in [-0.39, 0.29) is 6.72 Å². The van der Waals surface area contributed by atoms with Crippen molar-refractivity contribution in [3.63, 3.8) is 0 Å². The fourth-order valence-corrected chi connectivity index (χ4v) is 17.2. The first kappa shape index (κ1) is 14.8. The van der Waals surface area contributed by atoms with E-state index in [0.29, 0.717) is 0 Å². The second kappa shape index (κ2) is 5.78. The first-order valence-electron chi connectivity index (χ1n) is 6.95. The first-order chi connectivity index (χ1) is 8.92. The lowest BCUT2D eigenvalue weighted by Gasteiger charge is -2.31. The fourth-order valence-electron chi connectivity index (χ4n) is 3.23. The summed E-state index contributed by atoms with van der Waals surface area (Å²) >= 11 is 0. The zero-order chi connectivity index (χ0) is 13.9. The monoisotopic (exact) mass is 289 g/mol. The summed E-state index contributed by atoms with van der Waals surface area (Å²) in [5.41, 5.74) is 0. The molecular formula is C16H24BP2+. The van der Waals surface area contributed by atoms with Gasteiger partial charge in [0, 0.05) is 26.7 Å². The highest BCUT2D eigenvalue weighted by atomic mass is 31.2. The minimum Gasteiger partial charge on any atom is -0.0841 e. The van der Waals surface area contributed by atoms with Crippen LogP contribution in [0, 0.1) is 0 Å². The molecule has 0 saturated heterocycles. The molecule has 0 saturated carbocycles. The summed E-state index contributed by atoms with van der Waals surface area (Å²) in [6, 6.07) is 22.4. The lowest BCUT2D eigenvalue weighted by atomic mass is 10.4. The Morgan fingerprint density at radius 1 is 0.579 bits per heavy atom. The van der Waals surface area contributed by atoms with Crippen molar-refractivity contribution in [3.05, 3.63) is 60.7 Å². The number of rotatable bonds is 4. The third-order valence-corrected chi connectivity index (χ3v) is 15.8. The maximum atomic E-state index is 2.53. The van der Waals surface area contributed by atoms with E-state index in [9.17, 15) is 0 Å². The Bertz CT molecular complexity index is 471. The molecule has 0 N–H and O–H groups in total. The average Bonchev–Trinajstić information content (AvgIpc) is 2.40. The molecule has 19 heavy (non-hydrogen) atoms. The van der Waals surface area contributed by atoms with Gasteiger partial charge in [-0.25, -0.2) is 0 Å². The van der Waals surface area contributed by atoms with E-state index in [0.717, 1.165) is 0 Å². The third kappa shape index (κ3) is 3.68. The molecule has 2 aromatic carbocycles. The lowest BCUT2D eigenvalue weighted by Crippen LogP contribution is -2.21. The van der Waals surface area contributed by atoms with Crippen LogP contribution in [0.4, 0.5) is 0 Å². The van der Waals surface area contributed by atoms with Crippen LogP contribution in [-0.4, -0.2) is 33.4 Å². The molecule has 2 rings (SSSR count). The van der Waals surface area contributed by atoms with Crippen LogP contribution in [-0.2, 0) is 0 Å². The highest BCUT2D eigenvalue weighted by Crippen LogP contribution is 2.63. The van der Waals surface area contributed by atoms with Gasteiger partial charge in [0.15, 0.2) is 0 Å². The summed E-state index contributed by atoms with van der Waals surface area (Å²) in [7, 11) is -1.81. The summed E-state index contributed by atoms with van der Waals surface area (Å²) in [6.45, 7) is 10.2. The molecule has 0 atom stereocenters. The van der Waals surface area contributed by atoms with E-state index >= 15 is 0 Å². The molecule has 0 aliphatic carbocycles. The van der Waals surface area contributed by atoms with Crippen LogP contribution < -0.4 is 10.6 Å². The van der Waals surface area contributed by atoms with Crippen LogP contribution in [0.5, 0.6) is 0 Å². The van der Waals surface area contributed by atoms with E-state index < -0.39 is 14.3 Å². The van der Waals surface area contributed by atoms with Gasteiger partial charge in [-0.15, -0.1) is 0 Å². The SMILES string of the molecule is C[P+](C)([BH2-][P+](C)(C)c1ccccc1)c1ccccc1. The summed E-state index contributed by atoms with van der Waals surface area (Å²) < 4.78 is 0. The van der Waals surface area contributed by atoms with Crippen LogP contribution in [0.3, 0.4) is 0 Å². The van der Waals surface area contributed by atoms with Crippen molar-refractivity contribution in [2.75, 3.05) is 26.7 Å². The van der Waals surface area contributed by atoms with Gasteiger partial charge < -0.3 is 0 Å². The minimum atomic E-state index is -0.907. The molecule has 0 nitrogen and oxygen atoms in total. The minimum absolute atomic E-state index is 0.0391. The molecule has 0 aliphatic heterocycles. The zero-order valence-corrected chi connectivity index (χ0v) is 14.5. The molecule has 0 unspecified atom stereocenters. The van der Waals surface area contributed by atoms with Crippen LogP contribution >= 0.6 is 14.3 Å². The Morgan fingerprint density at radius 2 is 0.895 bits per heavy atom. The van der Waals surface area contributed by atoms with Crippen molar-refractivity contribution in [1.29, 1.82) is 0 Å². The highest BCUT2D eigenvalue weighted by molar-refractivity contribution is 8.32. The first-order valence-corrected chi connectivity index (χ1v) is 13.2. The van der Waals surface area contributed by atoms with Gasteiger partial charge in [-0.2, -0.15) is 0 Å². The van der Waals surface area contributed by atoms with Gasteiger partial charge in [0.1, 0.15) is 0 Å². The molecule has 0 radical (unpaired) electrons. The maximum Gasteiger partial charge on any atom is 0.303 e. The van der Waals surface area contributed by atoms with Crippen molar-refractivity contribution in [3.8, 4) is 0 Å². The molecule has 0 amide bonds. The zero-order valence-electron chi connectivity index (χ0n) is 12.7. The number of benzene rings is 2. The normalized spacial score (nSPS) is 12.4. The number of hydrogen-bond acceptors (Lipinski definition) is 0. The predicted molar refractivity (Wildman–Crippen MR) is 98.2 cm³/mol. The van der Waals surface area contributed by atoms with Crippen molar-refractivity contribution in [2.45, 2.75) is 0 Å². The van der Waals surface area contributed by atoms with E-state index in [1.54, 1.807) is 10.6 Å². The quantitative estimate of drug-likeness (QED) is 0.599. The van der Waals surface area contributed by atoms with Crippen molar-refractivity contribution < 1.29 is 0 Å². The molecule has 0 heterocycles. The van der Waals surface area contributed by atoms with Gasteiger partial charge in [0.05, 0.1) is 10.6 Å². The topological polar surface area (TPSA) is 0 Å². The molecule has 0 bridgehead atoms.